The zero-order valence-corrected chi connectivity index (χ0v) is 19.6. The normalized spacial score (nSPS) is 17.0. The molecular weight excluding hydrogens is 479 g/mol. The van der Waals surface area contributed by atoms with Gasteiger partial charge in [0.1, 0.15) is 0 Å². The summed E-state index contributed by atoms with van der Waals surface area (Å²) >= 11 is 0. The molecule has 29 heavy (non-hydrogen) atoms. The first-order chi connectivity index (χ1) is 13.7. The van der Waals surface area contributed by atoms with Crippen LogP contribution < -0.4 is 5.32 Å². The van der Waals surface area contributed by atoms with E-state index < -0.39 is 0 Å². The molecule has 0 bridgehead atoms. The lowest BCUT2D eigenvalue weighted by Crippen LogP contribution is -2.48. The molecule has 0 amide bonds. The molecule has 6 nitrogen and oxygen atoms in total. The van der Waals surface area contributed by atoms with Gasteiger partial charge in [0.2, 0.25) is 0 Å². The van der Waals surface area contributed by atoms with Crippen LogP contribution in [-0.4, -0.2) is 54.6 Å². The van der Waals surface area contributed by atoms with Crippen molar-refractivity contribution in [2.24, 2.45) is 10.9 Å². The van der Waals surface area contributed by atoms with Crippen LogP contribution in [0.2, 0.25) is 0 Å². The molecule has 2 aromatic rings. The van der Waals surface area contributed by atoms with Crippen LogP contribution in [0.1, 0.15) is 32.3 Å². The van der Waals surface area contributed by atoms with Gasteiger partial charge in [0.05, 0.1) is 18.0 Å². The van der Waals surface area contributed by atoms with Crippen molar-refractivity contribution >= 4 is 46.8 Å². The van der Waals surface area contributed by atoms with E-state index in [1.807, 2.05) is 19.2 Å². The summed E-state index contributed by atoms with van der Waals surface area (Å²) in [6.45, 7) is 7.41. The summed E-state index contributed by atoms with van der Waals surface area (Å²) in [5.74, 6) is 0.717. The Kier molecular flexibility index (Phi) is 9.63. The number of esters is 1. The first kappa shape index (κ1) is 23.4. The average Bonchev–Trinajstić information content (AvgIpc) is 2.73. The van der Waals surface area contributed by atoms with Gasteiger partial charge in [-0.25, -0.2) is 0 Å². The number of nitrogens with one attached hydrogen (secondary N) is 1. The highest BCUT2D eigenvalue weighted by atomic mass is 127. The monoisotopic (exact) mass is 510 g/mol. The van der Waals surface area contributed by atoms with Gasteiger partial charge in [-0.05, 0) is 44.7 Å². The molecule has 7 heteroatoms. The van der Waals surface area contributed by atoms with Crippen LogP contribution in [0.4, 0.5) is 0 Å². The summed E-state index contributed by atoms with van der Waals surface area (Å²) in [7, 11) is 0. The van der Waals surface area contributed by atoms with Crippen LogP contribution in [0, 0.1) is 5.92 Å². The van der Waals surface area contributed by atoms with Crippen molar-refractivity contribution in [3.8, 4) is 0 Å². The second-order valence-electron chi connectivity index (χ2n) is 7.02. The standard InChI is InChI=1S/C22H30N4O2.HI/c1-3-23-22(26-15-7-11-19(16-26)21(27)28-4-2)25-14-12-18-9-5-8-17-10-6-13-24-20(17)18;/h5-6,8-10,13,19H,3-4,7,11-12,14-16H2,1-2H3,(H,23,25);1H. The minimum Gasteiger partial charge on any atom is -0.466 e. The number of halogens is 1. The molecule has 0 spiro atoms. The Morgan fingerprint density at radius 2 is 2.14 bits per heavy atom. The molecule has 0 aliphatic carbocycles. The lowest BCUT2D eigenvalue weighted by atomic mass is 9.98. The smallest absolute Gasteiger partial charge is 0.310 e. The van der Waals surface area contributed by atoms with Crippen molar-refractivity contribution in [2.45, 2.75) is 33.1 Å². The summed E-state index contributed by atoms with van der Waals surface area (Å²) in [4.78, 5) is 23.7. The Hall–Kier alpha value is -1.90. The van der Waals surface area contributed by atoms with Crippen molar-refractivity contribution in [1.29, 1.82) is 0 Å². The Bertz CT molecular complexity index is 822. The summed E-state index contributed by atoms with van der Waals surface area (Å²) in [5.41, 5.74) is 2.26. The predicted octanol–water partition coefficient (Wildman–Crippen LogP) is 3.64. The lowest BCUT2D eigenvalue weighted by molar-refractivity contribution is -0.149. The number of nitrogens with zero attached hydrogens (tertiary/aromatic N) is 3. The maximum Gasteiger partial charge on any atom is 0.310 e. The van der Waals surface area contributed by atoms with Crippen molar-refractivity contribution in [1.82, 2.24) is 15.2 Å². The van der Waals surface area contributed by atoms with E-state index in [1.54, 1.807) is 0 Å². The number of piperidine rings is 1. The Morgan fingerprint density at radius 3 is 2.93 bits per heavy atom. The summed E-state index contributed by atoms with van der Waals surface area (Å²) < 4.78 is 5.22. The van der Waals surface area contributed by atoms with Crippen molar-refractivity contribution < 1.29 is 9.53 Å². The lowest BCUT2D eigenvalue weighted by Gasteiger charge is -2.34. The maximum atomic E-state index is 12.1. The molecule has 1 saturated heterocycles. The van der Waals surface area contributed by atoms with E-state index in [2.05, 4.69) is 46.4 Å². The molecule has 0 saturated carbocycles. The Balaban J connectivity index is 0.00000300. The molecule has 1 aromatic carbocycles. The van der Waals surface area contributed by atoms with Gasteiger partial charge < -0.3 is 15.0 Å². The second-order valence-corrected chi connectivity index (χ2v) is 7.02. The van der Waals surface area contributed by atoms with E-state index in [0.717, 1.165) is 49.2 Å². The first-order valence-electron chi connectivity index (χ1n) is 10.3. The number of ether oxygens (including phenoxy) is 1. The fourth-order valence-corrected chi connectivity index (χ4v) is 3.70. The van der Waals surface area contributed by atoms with Crippen LogP contribution in [0.3, 0.4) is 0 Å². The SMILES string of the molecule is CCNC(=NCCc1cccc2cccnc12)N1CCCC(C(=O)OCC)C1.I. The number of pyridine rings is 1. The van der Waals surface area contributed by atoms with E-state index in [9.17, 15) is 4.79 Å². The molecule has 2 heterocycles. The highest BCUT2D eigenvalue weighted by Crippen LogP contribution is 2.19. The number of aromatic nitrogens is 1. The summed E-state index contributed by atoms with van der Waals surface area (Å²) in [6.07, 6.45) is 4.53. The van der Waals surface area contributed by atoms with Gasteiger partial charge in [-0.3, -0.25) is 14.8 Å². The average molecular weight is 510 g/mol. The van der Waals surface area contributed by atoms with Gasteiger partial charge in [0.15, 0.2) is 5.96 Å². The van der Waals surface area contributed by atoms with E-state index in [4.69, 9.17) is 9.73 Å². The number of hydrogen-bond acceptors (Lipinski definition) is 4. The molecule has 3 rings (SSSR count). The molecular formula is C22H31IN4O2. The van der Waals surface area contributed by atoms with Crippen LogP contribution >= 0.6 is 24.0 Å². The van der Waals surface area contributed by atoms with Crippen molar-refractivity contribution in [3.05, 3.63) is 42.1 Å². The Labute approximate surface area is 190 Å². The van der Waals surface area contributed by atoms with E-state index in [0.29, 0.717) is 19.7 Å². The first-order valence-corrected chi connectivity index (χ1v) is 10.3. The number of guanidine groups is 1. The summed E-state index contributed by atoms with van der Waals surface area (Å²) in [6, 6.07) is 10.3. The molecule has 1 aliphatic heterocycles. The highest BCUT2D eigenvalue weighted by Gasteiger charge is 2.28. The van der Waals surface area contributed by atoms with Gasteiger partial charge in [-0.15, -0.1) is 24.0 Å². The minimum absolute atomic E-state index is 0. The molecule has 1 N–H and O–H groups in total. The van der Waals surface area contributed by atoms with Gasteiger partial charge in [0, 0.05) is 37.8 Å². The number of likely N-dealkylation sites (tertiary alicyclic amines) is 1. The van der Waals surface area contributed by atoms with E-state index in [-0.39, 0.29) is 35.9 Å². The van der Waals surface area contributed by atoms with E-state index >= 15 is 0 Å². The number of fused-ring (bicyclic) bond motifs is 1. The third kappa shape index (κ3) is 6.29. The maximum absolute atomic E-state index is 12.1. The van der Waals surface area contributed by atoms with Gasteiger partial charge in [-0.2, -0.15) is 0 Å². The van der Waals surface area contributed by atoms with E-state index in [1.165, 1.54) is 5.56 Å². The molecule has 0 radical (unpaired) electrons. The van der Waals surface area contributed by atoms with Gasteiger partial charge >= 0.3 is 5.97 Å². The number of carbonyl (C=O) groups is 1. The number of para-hydroxylation sites is 1. The Morgan fingerprint density at radius 1 is 1.31 bits per heavy atom. The fraction of sp³-hybridized carbons (Fsp3) is 0.500. The highest BCUT2D eigenvalue weighted by molar-refractivity contribution is 14.0. The number of carbonyl (C=O) groups excluding carboxylic acids is 1. The molecule has 1 fully saturated rings. The molecule has 1 unspecified atom stereocenters. The van der Waals surface area contributed by atoms with Crippen molar-refractivity contribution in [2.75, 3.05) is 32.8 Å². The largest absolute Gasteiger partial charge is 0.466 e. The van der Waals surface area contributed by atoms with Crippen LogP contribution in [-0.2, 0) is 16.0 Å². The quantitative estimate of drug-likeness (QED) is 0.278. The van der Waals surface area contributed by atoms with Crippen LogP contribution in [0.25, 0.3) is 10.9 Å². The zero-order chi connectivity index (χ0) is 19.8. The number of benzene rings is 1. The minimum atomic E-state index is -0.0927. The van der Waals surface area contributed by atoms with Crippen LogP contribution in [0.15, 0.2) is 41.5 Å². The number of hydrogen-bond donors (Lipinski definition) is 1. The second kappa shape index (κ2) is 11.9. The number of rotatable bonds is 6. The van der Waals surface area contributed by atoms with Gasteiger partial charge in [0.25, 0.3) is 0 Å². The molecule has 1 aromatic heterocycles. The zero-order valence-electron chi connectivity index (χ0n) is 17.3. The third-order valence-electron chi connectivity index (χ3n) is 5.03. The third-order valence-corrected chi connectivity index (χ3v) is 5.03. The molecule has 1 atom stereocenters. The molecule has 158 valence electrons. The van der Waals surface area contributed by atoms with Gasteiger partial charge in [-0.1, -0.05) is 24.3 Å². The predicted molar refractivity (Wildman–Crippen MR) is 128 cm³/mol. The number of aliphatic imine (C=N–C) groups is 1. The molecule has 1 aliphatic rings. The topological polar surface area (TPSA) is 66.8 Å². The fourth-order valence-electron chi connectivity index (χ4n) is 3.70. The summed E-state index contributed by atoms with van der Waals surface area (Å²) in [5, 5.41) is 4.53. The van der Waals surface area contributed by atoms with Crippen LogP contribution in [0.5, 0.6) is 0 Å². The van der Waals surface area contributed by atoms with Crippen molar-refractivity contribution in [3.63, 3.8) is 0 Å².